The van der Waals surface area contributed by atoms with Gasteiger partial charge in [-0.2, -0.15) is 0 Å². The van der Waals surface area contributed by atoms with Crippen molar-refractivity contribution >= 4 is 21.6 Å². The van der Waals surface area contributed by atoms with Crippen LogP contribution in [0.25, 0.3) is 10.2 Å². The van der Waals surface area contributed by atoms with Crippen molar-refractivity contribution in [3.8, 4) is 0 Å². The van der Waals surface area contributed by atoms with Gasteiger partial charge < -0.3 is 0 Å². The number of nitrogens with zero attached hydrogens (tertiary/aromatic N) is 1. The monoisotopic (exact) mass is 162 g/mol. The minimum Gasteiger partial charge on any atom is -0.245 e. The average molecular weight is 162 g/mol. The maximum absolute atomic E-state index is 4.23. The topological polar surface area (TPSA) is 12.9 Å². The number of fused-ring (bicyclic) bond motifs is 1. The highest BCUT2D eigenvalue weighted by molar-refractivity contribution is 7.17. The summed E-state index contributed by atoms with van der Waals surface area (Å²) in [6.07, 6.45) is 2.11. The standard InChI is InChI=1S/C9H8NS/c1-2-7-4-3-5-8-9(7)11-6-10-8/h2-6H,1H3. The van der Waals surface area contributed by atoms with Gasteiger partial charge in [-0.15, -0.1) is 11.3 Å². The molecule has 0 amide bonds. The van der Waals surface area contributed by atoms with Crippen molar-refractivity contribution in [2.24, 2.45) is 0 Å². The van der Waals surface area contributed by atoms with Crippen molar-refractivity contribution < 1.29 is 0 Å². The molecule has 1 aromatic carbocycles. The van der Waals surface area contributed by atoms with Crippen molar-refractivity contribution in [3.63, 3.8) is 0 Å². The zero-order valence-corrected chi connectivity index (χ0v) is 7.06. The van der Waals surface area contributed by atoms with E-state index in [9.17, 15) is 0 Å². The highest BCUT2D eigenvalue weighted by atomic mass is 32.1. The number of rotatable bonds is 1. The van der Waals surface area contributed by atoms with E-state index in [2.05, 4.69) is 24.4 Å². The van der Waals surface area contributed by atoms with Gasteiger partial charge in [0.1, 0.15) is 0 Å². The van der Waals surface area contributed by atoms with Gasteiger partial charge in [0, 0.05) is 0 Å². The Morgan fingerprint density at radius 3 is 3.18 bits per heavy atom. The zero-order chi connectivity index (χ0) is 7.68. The number of aromatic nitrogens is 1. The van der Waals surface area contributed by atoms with Crippen molar-refractivity contribution in [1.29, 1.82) is 0 Å². The van der Waals surface area contributed by atoms with Crippen LogP contribution in [0.5, 0.6) is 0 Å². The summed E-state index contributed by atoms with van der Waals surface area (Å²) in [6, 6.07) is 6.19. The summed E-state index contributed by atoms with van der Waals surface area (Å²) in [7, 11) is 0. The van der Waals surface area contributed by atoms with Crippen molar-refractivity contribution in [3.05, 3.63) is 35.7 Å². The van der Waals surface area contributed by atoms with Gasteiger partial charge in [-0.1, -0.05) is 19.1 Å². The molecule has 0 N–H and O–H groups in total. The first-order valence-corrected chi connectivity index (χ1v) is 4.41. The van der Waals surface area contributed by atoms with Gasteiger partial charge in [0.15, 0.2) is 0 Å². The van der Waals surface area contributed by atoms with Crippen molar-refractivity contribution in [1.82, 2.24) is 4.98 Å². The van der Waals surface area contributed by atoms with E-state index >= 15 is 0 Å². The summed E-state index contributed by atoms with van der Waals surface area (Å²) >= 11 is 1.70. The van der Waals surface area contributed by atoms with E-state index in [0.29, 0.717) is 0 Å². The molecule has 2 aromatic rings. The number of benzene rings is 1. The molecule has 0 aliphatic heterocycles. The van der Waals surface area contributed by atoms with Gasteiger partial charge in [-0.3, -0.25) is 0 Å². The van der Waals surface area contributed by atoms with Gasteiger partial charge in [0.05, 0.1) is 15.7 Å². The lowest BCUT2D eigenvalue weighted by Gasteiger charge is -1.94. The molecule has 1 radical (unpaired) electrons. The van der Waals surface area contributed by atoms with Crippen LogP contribution in [-0.2, 0) is 0 Å². The summed E-state index contributed by atoms with van der Waals surface area (Å²) in [6.45, 7) is 2.05. The molecular formula is C9H8NS. The molecule has 0 saturated carbocycles. The average Bonchev–Trinajstić information content (AvgIpc) is 2.50. The van der Waals surface area contributed by atoms with Crippen LogP contribution in [0, 0.1) is 6.42 Å². The van der Waals surface area contributed by atoms with E-state index in [-0.39, 0.29) is 0 Å². The van der Waals surface area contributed by atoms with Crippen LogP contribution < -0.4 is 0 Å². The lowest BCUT2D eigenvalue weighted by atomic mass is 10.2. The molecule has 55 valence electrons. The quantitative estimate of drug-likeness (QED) is 0.628. The van der Waals surface area contributed by atoms with E-state index in [1.54, 1.807) is 11.3 Å². The molecule has 0 aliphatic rings. The molecule has 0 bridgehead atoms. The third-order valence-electron chi connectivity index (χ3n) is 1.70. The second-order valence-electron chi connectivity index (χ2n) is 2.34. The summed E-state index contributed by atoms with van der Waals surface area (Å²) in [5.74, 6) is 0. The fraction of sp³-hybridized carbons (Fsp3) is 0.111. The van der Waals surface area contributed by atoms with Gasteiger partial charge in [-0.25, -0.2) is 4.98 Å². The summed E-state index contributed by atoms with van der Waals surface area (Å²) in [5, 5.41) is 0. The molecular weight excluding hydrogens is 154 g/mol. The number of hydrogen-bond acceptors (Lipinski definition) is 2. The van der Waals surface area contributed by atoms with Crippen LogP contribution >= 0.6 is 11.3 Å². The lowest BCUT2D eigenvalue weighted by molar-refractivity contribution is 1.45. The smallest absolute Gasteiger partial charge is 0.0814 e. The Bertz CT molecular complexity index is 364. The summed E-state index contributed by atoms with van der Waals surface area (Å²) in [5.41, 5.74) is 4.27. The van der Waals surface area contributed by atoms with Crippen LogP contribution in [0.1, 0.15) is 12.5 Å². The Labute approximate surface area is 69.7 Å². The zero-order valence-electron chi connectivity index (χ0n) is 6.24. The Balaban J connectivity index is 2.79. The SMILES string of the molecule is C[CH]c1cccc2ncsc12. The van der Waals surface area contributed by atoms with E-state index in [1.165, 1.54) is 10.3 Å². The van der Waals surface area contributed by atoms with Crippen LogP contribution in [0.2, 0.25) is 0 Å². The van der Waals surface area contributed by atoms with E-state index in [4.69, 9.17) is 0 Å². The minimum absolute atomic E-state index is 1.10. The molecule has 11 heavy (non-hydrogen) atoms. The summed E-state index contributed by atoms with van der Waals surface area (Å²) in [4.78, 5) is 4.23. The Morgan fingerprint density at radius 1 is 1.45 bits per heavy atom. The van der Waals surface area contributed by atoms with Crippen molar-refractivity contribution in [2.45, 2.75) is 6.92 Å². The van der Waals surface area contributed by atoms with E-state index < -0.39 is 0 Å². The highest BCUT2D eigenvalue weighted by Gasteiger charge is 1.99. The first-order valence-electron chi connectivity index (χ1n) is 3.53. The van der Waals surface area contributed by atoms with Gasteiger partial charge in [0.2, 0.25) is 0 Å². The van der Waals surface area contributed by atoms with E-state index in [1.807, 2.05) is 17.6 Å². The van der Waals surface area contributed by atoms with Crippen LogP contribution in [-0.4, -0.2) is 4.98 Å². The van der Waals surface area contributed by atoms with Gasteiger partial charge in [0.25, 0.3) is 0 Å². The number of hydrogen-bond donors (Lipinski definition) is 0. The maximum Gasteiger partial charge on any atom is 0.0814 e. The van der Waals surface area contributed by atoms with Crippen LogP contribution in [0.3, 0.4) is 0 Å². The lowest BCUT2D eigenvalue weighted by Crippen LogP contribution is -1.75. The molecule has 1 heterocycles. The van der Waals surface area contributed by atoms with Gasteiger partial charge >= 0.3 is 0 Å². The van der Waals surface area contributed by atoms with Gasteiger partial charge in [-0.05, 0) is 18.1 Å². The van der Waals surface area contributed by atoms with Crippen molar-refractivity contribution in [2.75, 3.05) is 0 Å². The maximum atomic E-state index is 4.23. The molecule has 2 heteroatoms. The Hall–Kier alpha value is -0.890. The fourth-order valence-corrected chi connectivity index (χ4v) is 1.97. The molecule has 0 spiro atoms. The van der Waals surface area contributed by atoms with Crippen LogP contribution in [0.15, 0.2) is 23.7 Å². The Morgan fingerprint density at radius 2 is 2.36 bits per heavy atom. The number of thiazole rings is 1. The first-order chi connectivity index (χ1) is 5.42. The first kappa shape index (κ1) is 6.80. The summed E-state index contributed by atoms with van der Waals surface area (Å²) < 4.78 is 1.29. The molecule has 1 nitrogen and oxygen atoms in total. The second kappa shape index (κ2) is 2.62. The fourth-order valence-electron chi connectivity index (χ4n) is 1.14. The minimum atomic E-state index is 1.10. The molecule has 2 rings (SSSR count). The second-order valence-corrected chi connectivity index (χ2v) is 3.19. The molecule has 1 aromatic heterocycles. The Kier molecular flexibility index (Phi) is 1.62. The molecule has 0 saturated heterocycles. The normalized spacial score (nSPS) is 10.6. The third kappa shape index (κ3) is 1.03. The molecule has 0 unspecified atom stereocenters. The predicted octanol–water partition coefficient (Wildman–Crippen LogP) is 2.87. The molecule has 0 aliphatic carbocycles. The third-order valence-corrected chi connectivity index (χ3v) is 2.59. The molecule has 0 fully saturated rings. The predicted molar refractivity (Wildman–Crippen MR) is 48.7 cm³/mol. The largest absolute Gasteiger partial charge is 0.245 e. The highest BCUT2D eigenvalue weighted by Crippen LogP contribution is 2.22. The van der Waals surface area contributed by atoms with Crippen LogP contribution in [0.4, 0.5) is 0 Å². The molecule has 0 atom stereocenters. The van der Waals surface area contributed by atoms with E-state index in [0.717, 1.165) is 5.52 Å².